The van der Waals surface area contributed by atoms with Crippen LogP contribution in [0, 0.1) is 12.7 Å². The summed E-state index contributed by atoms with van der Waals surface area (Å²) in [5, 5.41) is 7.74. The summed E-state index contributed by atoms with van der Waals surface area (Å²) in [6.07, 6.45) is 4.68. The van der Waals surface area contributed by atoms with Crippen molar-refractivity contribution in [2.75, 3.05) is 14.1 Å². The monoisotopic (exact) mass is 348 g/mol. The lowest BCUT2D eigenvalue weighted by Gasteiger charge is -2.29. The molecule has 0 radical (unpaired) electrons. The highest BCUT2D eigenvalue weighted by atomic mass is 32.2. The van der Waals surface area contributed by atoms with Crippen LogP contribution in [0.5, 0.6) is 0 Å². The van der Waals surface area contributed by atoms with Crippen molar-refractivity contribution in [1.29, 1.82) is 0 Å². The van der Waals surface area contributed by atoms with Gasteiger partial charge in [-0.15, -0.1) is 0 Å². The van der Waals surface area contributed by atoms with E-state index in [-0.39, 0.29) is 5.82 Å². The zero-order valence-electron chi connectivity index (χ0n) is 14.5. The minimum atomic E-state index is -0.214. The van der Waals surface area contributed by atoms with E-state index in [1.54, 1.807) is 24.3 Å². The normalized spacial score (nSPS) is 21.4. The van der Waals surface area contributed by atoms with Gasteiger partial charge in [-0.1, -0.05) is 0 Å². The molecule has 24 heavy (non-hydrogen) atoms. The highest BCUT2D eigenvalue weighted by Crippen LogP contribution is 2.36. The molecular formula is C18H25FN4S. The lowest BCUT2D eigenvalue weighted by molar-refractivity contribution is 0.374. The topological polar surface area (TPSA) is 44.0 Å². The second-order valence-electron chi connectivity index (χ2n) is 6.69. The first-order valence-corrected chi connectivity index (χ1v) is 9.22. The predicted molar refractivity (Wildman–Crippen MR) is 98.1 cm³/mol. The van der Waals surface area contributed by atoms with Gasteiger partial charge in [0.2, 0.25) is 0 Å². The quantitative estimate of drug-likeness (QED) is 0.792. The lowest BCUT2D eigenvalue weighted by Crippen LogP contribution is -2.30. The minimum Gasteiger partial charge on any atom is -0.281 e. The zero-order chi connectivity index (χ0) is 17.1. The lowest BCUT2D eigenvalue weighted by atomic mass is 9.83. The van der Waals surface area contributed by atoms with Crippen LogP contribution < -0.4 is 4.72 Å². The molecule has 2 N–H and O–H groups in total. The number of halogens is 1. The van der Waals surface area contributed by atoms with Crippen LogP contribution in [0.2, 0.25) is 0 Å². The molecule has 1 saturated carbocycles. The fourth-order valence-corrected chi connectivity index (χ4v) is 3.97. The molecule has 1 aromatic heterocycles. The number of benzene rings is 1. The number of rotatable bonds is 5. The summed E-state index contributed by atoms with van der Waals surface area (Å²) in [6, 6.07) is 7.14. The average molecular weight is 348 g/mol. The van der Waals surface area contributed by atoms with Crippen molar-refractivity contribution in [3.05, 3.63) is 41.3 Å². The Bertz CT molecular complexity index is 660. The van der Waals surface area contributed by atoms with Gasteiger partial charge in [-0.25, -0.2) is 13.4 Å². The van der Waals surface area contributed by atoms with E-state index >= 15 is 0 Å². The first-order chi connectivity index (χ1) is 11.5. The third-order valence-corrected chi connectivity index (χ3v) is 5.51. The van der Waals surface area contributed by atoms with Crippen molar-refractivity contribution in [3.63, 3.8) is 0 Å². The standard InChI is InChI=1S/C18H25FN4S/c1-12-17(13-4-8-15(19)9-5-13)20-21-18(12)14-6-10-16(11-7-14)22-24-23(2)3/h4-5,8-9,14,16,22H,6-7,10-11H2,1-3H3,(H,20,21). The van der Waals surface area contributed by atoms with Gasteiger partial charge < -0.3 is 0 Å². The van der Waals surface area contributed by atoms with E-state index in [0.717, 1.165) is 24.1 Å². The smallest absolute Gasteiger partial charge is 0.123 e. The maximum atomic E-state index is 13.1. The van der Waals surface area contributed by atoms with Crippen molar-refractivity contribution in [2.45, 2.75) is 44.6 Å². The molecule has 0 amide bonds. The van der Waals surface area contributed by atoms with Crippen molar-refractivity contribution in [1.82, 2.24) is 19.2 Å². The van der Waals surface area contributed by atoms with E-state index in [2.05, 4.69) is 26.1 Å². The number of hydrogen-bond acceptors (Lipinski definition) is 4. The van der Waals surface area contributed by atoms with Crippen LogP contribution in [0.4, 0.5) is 4.39 Å². The Kier molecular flexibility index (Phi) is 5.58. The Morgan fingerprint density at radius 3 is 2.46 bits per heavy atom. The van der Waals surface area contributed by atoms with Gasteiger partial charge in [0, 0.05) is 35.4 Å². The molecule has 1 aromatic carbocycles. The number of aromatic amines is 1. The van der Waals surface area contributed by atoms with E-state index in [1.165, 1.54) is 36.2 Å². The van der Waals surface area contributed by atoms with E-state index < -0.39 is 0 Å². The highest BCUT2D eigenvalue weighted by Gasteiger charge is 2.26. The summed E-state index contributed by atoms with van der Waals surface area (Å²) in [5.41, 5.74) is 4.34. The first kappa shape index (κ1) is 17.5. The Labute approximate surface area is 147 Å². The molecule has 3 rings (SSSR count). The predicted octanol–water partition coefficient (Wildman–Crippen LogP) is 4.26. The van der Waals surface area contributed by atoms with E-state index in [0.29, 0.717) is 12.0 Å². The fraction of sp³-hybridized carbons (Fsp3) is 0.500. The number of hydrogen-bond donors (Lipinski definition) is 2. The summed E-state index contributed by atoms with van der Waals surface area (Å²) in [5.74, 6) is 0.322. The molecule has 0 aliphatic heterocycles. The van der Waals surface area contributed by atoms with Crippen LogP contribution in [0.3, 0.4) is 0 Å². The molecule has 0 saturated heterocycles. The number of nitrogens with zero attached hydrogens (tertiary/aromatic N) is 2. The van der Waals surface area contributed by atoms with Gasteiger partial charge in [0.1, 0.15) is 5.82 Å². The molecule has 0 bridgehead atoms. The van der Waals surface area contributed by atoms with Gasteiger partial charge in [-0.05, 0) is 76.5 Å². The van der Waals surface area contributed by atoms with Crippen molar-refractivity contribution in [2.24, 2.45) is 0 Å². The van der Waals surface area contributed by atoms with Crippen molar-refractivity contribution >= 4 is 12.1 Å². The molecule has 1 fully saturated rings. The van der Waals surface area contributed by atoms with Crippen LogP contribution in [-0.2, 0) is 0 Å². The molecule has 130 valence electrons. The molecule has 2 aromatic rings. The summed E-state index contributed by atoms with van der Waals surface area (Å²) in [7, 11) is 4.10. The third-order valence-electron chi connectivity index (χ3n) is 4.70. The van der Waals surface area contributed by atoms with E-state index in [1.807, 2.05) is 14.1 Å². The molecule has 0 spiro atoms. The number of aromatic nitrogens is 2. The second kappa shape index (κ2) is 7.68. The maximum absolute atomic E-state index is 13.1. The molecule has 1 aliphatic rings. The molecule has 6 heteroatoms. The van der Waals surface area contributed by atoms with Crippen molar-refractivity contribution in [3.8, 4) is 11.3 Å². The van der Waals surface area contributed by atoms with Gasteiger partial charge in [0.25, 0.3) is 0 Å². The number of H-pyrrole nitrogens is 1. The Hall–Kier alpha value is -1.37. The molecule has 1 aliphatic carbocycles. The average Bonchev–Trinajstić information content (AvgIpc) is 2.96. The van der Waals surface area contributed by atoms with Crippen LogP contribution in [0.25, 0.3) is 11.3 Å². The Morgan fingerprint density at radius 1 is 1.17 bits per heavy atom. The Balaban J connectivity index is 1.65. The summed E-state index contributed by atoms with van der Waals surface area (Å²) >= 11 is 1.67. The SMILES string of the molecule is Cc1c(-c2ccc(F)cc2)n[nH]c1C1CCC(NSN(C)C)CC1. The maximum Gasteiger partial charge on any atom is 0.123 e. The minimum absolute atomic E-state index is 0.214. The van der Waals surface area contributed by atoms with Gasteiger partial charge in [-0.3, -0.25) is 5.10 Å². The third kappa shape index (κ3) is 3.99. The molecule has 0 unspecified atom stereocenters. The van der Waals surface area contributed by atoms with E-state index in [9.17, 15) is 4.39 Å². The van der Waals surface area contributed by atoms with Crippen LogP contribution >= 0.6 is 12.1 Å². The number of nitrogens with one attached hydrogen (secondary N) is 2. The van der Waals surface area contributed by atoms with Gasteiger partial charge in [-0.2, -0.15) is 5.10 Å². The molecule has 4 nitrogen and oxygen atoms in total. The van der Waals surface area contributed by atoms with Crippen LogP contribution in [0.1, 0.15) is 42.9 Å². The molecule has 0 atom stereocenters. The second-order valence-corrected chi connectivity index (χ2v) is 7.84. The summed E-state index contributed by atoms with van der Waals surface area (Å²) < 4.78 is 18.7. The largest absolute Gasteiger partial charge is 0.281 e. The summed E-state index contributed by atoms with van der Waals surface area (Å²) in [4.78, 5) is 0. The highest BCUT2D eigenvalue weighted by molar-refractivity contribution is 7.95. The Morgan fingerprint density at radius 2 is 1.83 bits per heavy atom. The van der Waals surface area contributed by atoms with Crippen LogP contribution in [-0.4, -0.2) is 34.6 Å². The molecular weight excluding hydrogens is 323 g/mol. The van der Waals surface area contributed by atoms with Gasteiger partial charge >= 0.3 is 0 Å². The van der Waals surface area contributed by atoms with Crippen LogP contribution in [0.15, 0.2) is 24.3 Å². The fourth-order valence-electron chi connectivity index (χ4n) is 3.38. The van der Waals surface area contributed by atoms with Gasteiger partial charge in [0.05, 0.1) is 5.69 Å². The summed E-state index contributed by atoms with van der Waals surface area (Å²) in [6.45, 7) is 2.11. The van der Waals surface area contributed by atoms with Crippen molar-refractivity contribution < 1.29 is 4.39 Å². The molecule has 1 heterocycles. The first-order valence-electron chi connectivity index (χ1n) is 8.45. The van der Waals surface area contributed by atoms with E-state index in [4.69, 9.17) is 0 Å². The van der Waals surface area contributed by atoms with Gasteiger partial charge in [0.15, 0.2) is 0 Å². The zero-order valence-corrected chi connectivity index (χ0v) is 15.3.